The number of hydrogen-bond donors (Lipinski definition) is 1. The van der Waals surface area contributed by atoms with Crippen LogP contribution in [0.25, 0.3) is 0 Å². The zero-order valence-electron chi connectivity index (χ0n) is 16.3. The zero-order chi connectivity index (χ0) is 19.7. The monoisotopic (exact) mass is 406 g/mol. The van der Waals surface area contributed by atoms with Gasteiger partial charge in [0.25, 0.3) is 0 Å². The Morgan fingerprint density at radius 1 is 0.885 bits per heavy atom. The molecule has 0 heterocycles. The van der Waals surface area contributed by atoms with E-state index in [2.05, 4.69) is 48.8 Å². The molecule has 0 radical (unpaired) electrons. The summed E-state index contributed by atoms with van der Waals surface area (Å²) in [5, 5.41) is 0. The summed E-state index contributed by atoms with van der Waals surface area (Å²) in [4.78, 5) is 0. The number of aryl methyl sites for hydroxylation is 1. The number of ether oxygens (including phenoxy) is 1. The van der Waals surface area contributed by atoms with Crippen molar-refractivity contribution in [3.05, 3.63) is 29.8 Å². The van der Waals surface area contributed by atoms with Crippen LogP contribution in [0.5, 0.6) is 5.75 Å². The van der Waals surface area contributed by atoms with E-state index in [-0.39, 0.29) is 0 Å². The van der Waals surface area contributed by atoms with Crippen LogP contribution in [-0.4, -0.2) is 19.6 Å². The highest BCUT2D eigenvalue weighted by molar-refractivity contribution is 8.09. The van der Waals surface area contributed by atoms with Crippen molar-refractivity contribution >= 4 is 20.0 Å². The van der Waals surface area contributed by atoms with Gasteiger partial charge >= 0.3 is 9.33 Å². The van der Waals surface area contributed by atoms with E-state index in [9.17, 15) is 0 Å². The van der Waals surface area contributed by atoms with Crippen molar-refractivity contribution in [3.63, 3.8) is 0 Å². The molecule has 0 aromatic heterocycles. The Morgan fingerprint density at radius 2 is 1.35 bits per heavy atom. The summed E-state index contributed by atoms with van der Waals surface area (Å²) in [5.74, 6) is 1.08. The van der Waals surface area contributed by atoms with Crippen LogP contribution in [0.4, 0.5) is 0 Å². The maximum atomic E-state index is 8.95. The second-order valence-corrected chi connectivity index (χ2v) is 8.40. The number of hydrogen-bond acceptors (Lipinski definition) is 3. The average molecular weight is 407 g/mol. The van der Waals surface area contributed by atoms with Gasteiger partial charge in [-0.2, -0.15) is 8.42 Å². The van der Waals surface area contributed by atoms with Gasteiger partial charge in [-0.25, -0.2) is 0 Å². The average Bonchev–Trinajstić information content (AvgIpc) is 2.58. The molecule has 0 saturated carbocycles. The van der Waals surface area contributed by atoms with Crippen LogP contribution in [0.3, 0.4) is 0 Å². The molecule has 1 rings (SSSR count). The number of unbranched alkanes of at least 4 members (excludes halogenated alkanes) is 9. The fraction of sp³-hybridized carbons (Fsp3) is 0.700. The summed E-state index contributed by atoms with van der Waals surface area (Å²) in [7, 11) is -0.137. The molecule has 0 aliphatic rings. The van der Waals surface area contributed by atoms with Crippen molar-refractivity contribution in [2.24, 2.45) is 0 Å². The van der Waals surface area contributed by atoms with Gasteiger partial charge in [0.05, 0.1) is 6.61 Å². The molecule has 1 aromatic carbocycles. The summed E-state index contributed by atoms with van der Waals surface area (Å²) in [5.41, 5.74) is 1.32. The first-order valence-corrected chi connectivity index (χ1v) is 12.0. The summed E-state index contributed by atoms with van der Waals surface area (Å²) in [6.07, 6.45) is 14.8. The van der Waals surface area contributed by atoms with Gasteiger partial charge in [-0.05, 0) is 24.5 Å². The molecule has 0 amide bonds. The molecule has 26 heavy (non-hydrogen) atoms. The van der Waals surface area contributed by atoms with Crippen LogP contribution in [-0.2, 0) is 15.8 Å². The summed E-state index contributed by atoms with van der Waals surface area (Å²) in [6, 6.07) is 8.41. The molecule has 0 atom stereocenters. The summed E-state index contributed by atoms with van der Waals surface area (Å²) < 4.78 is 31.1. The van der Waals surface area contributed by atoms with E-state index in [0.29, 0.717) is 0 Å². The number of rotatable bonds is 13. The van der Waals surface area contributed by atoms with Crippen molar-refractivity contribution in [3.8, 4) is 5.75 Å². The van der Waals surface area contributed by atoms with E-state index < -0.39 is 9.33 Å². The van der Waals surface area contributed by atoms with Gasteiger partial charge in [-0.1, -0.05) is 89.8 Å². The minimum Gasteiger partial charge on any atom is -0.493 e. The molecule has 4 nitrogen and oxygen atoms in total. The maximum Gasteiger partial charge on any atom is 0.353 e. The molecule has 0 aliphatic carbocycles. The van der Waals surface area contributed by atoms with Gasteiger partial charge in [0.15, 0.2) is 0 Å². The standard InChI is InChI=1S/C20H34O.ClHO3S/c1-3-5-6-7-8-9-10-11-12-15-18-21-20-17-14-13-16-19(20)4-2;1-5(2,3)4/h13-14,16-17H,3-12,15,18H2,1-2H3;(H,2,3,4). The van der Waals surface area contributed by atoms with Gasteiger partial charge in [-0.3, -0.25) is 4.55 Å². The van der Waals surface area contributed by atoms with Crippen LogP contribution in [0.2, 0.25) is 0 Å². The Morgan fingerprint density at radius 3 is 1.85 bits per heavy atom. The van der Waals surface area contributed by atoms with E-state index in [4.69, 9.17) is 17.7 Å². The lowest BCUT2D eigenvalue weighted by Gasteiger charge is -2.10. The second kappa shape index (κ2) is 16.4. The Balaban J connectivity index is 0.00000110. The topological polar surface area (TPSA) is 63.6 Å². The van der Waals surface area contributed by atoms with Gasteiger partial charge in [-0.15, -0.1) is 0 Å². The normalized spacial score (nSPS) is 10.9. The third-order valence-electron chi connectivity index (χ3n) is 4.11. The second-order valence-electron chi connectivity index (χ2n) is 6.40. The fourth-order valence-electron chi connectivity index (χ4n) is 2.71. The predicted molar refractivity (Wildman–Crippen MR) is 111 cm³/mol. The van der Waals surface area contributed by atoms with Crippen LogP contribution in [0.15, 0.2) is 24.3 Å². The van der Waals surface area contributed by atoms with Crippen molar-refractivity contribution in [2.45, 2.75) is 84.5 Å². The van der Waals surface area contributed by atoms with E-state index in [1.165, 1.54) is 69.8 Å². The van der Waals surface area contributed by atoms with E-state index in [1.807, 2.05) is 0 Å². The summed E-state index contributed by atoms with van der Waals surface area (Å²) in [6.45, 7) is 5.33. The number of benzene rings is 1. The molecule has 1 aromatic rings. The quantitative estimate of drug-likeness (QED) is 0.228. The Hall–Kier alpha value is -0.780. The lowest BCUT2D eigenvalue weighted by molar-refractivity contribution is 0.301. The van der Waals surface area contributed by atoms with Gasteiger partial charge < -0.3 is 4.74 Å². The van der Waals surface area contributed by atoms with Crippen molar-refractivity contribution in [1.82, 2.24) is 0 Å². The highest BCUT2D eigenvalue weighted by Crippen LogP contribution is 2.18. The van der Waals surface area contributed by atoms with Crippen molar-refractivity contribution in [1.29, 1.82) is 0 Å². The van der Waals surface area contributed by atoms with Gasteiger partial charge in [0, 0.05) is 10.7 Å². The molecule has 0 spiro atoms. The maximum absolute atomic E-state index is 8.95. The molecule has 1 N–H and O–H groups in total. The minimum atomic E-state index is -4.19. The Bertz CT molecular complexity index is 538. The summed E-state index contributed by atoms with van der Waals surface area (Å²) >= 11 is 0. The third kappa shape index (κ3) is 18.0. The fourth-order valence-corrected chi connectivity index (χ4v) is 2.71. The highest BCUT2D eigenvalue weighted by Gasteiger charge is 2.00. The molecule has 0 aliphatic heterocycles. The van der Waals surface area contributed by atoms with Gasteiger partial charge in [0.1, 0.15) is 5.75 Å². The Labute approximate surface area is 164 Å². The van der Waals surface area contributed by atoms with E-state index in [1.54, 1.807) is 0 Å². The first-order chi connectivity index (χ1) is 12.4. The lowest BCUT2D eigenvalue weighted by Crippen LogP contribution is -1.99. The predicted octanol–water partition coefficient (Wildman–Crippen LogP) is 6.58. The van der Waals surface area contributed by atoms with Crippen molar-refractivity contribution < 1.29 is 17.7 Å². The van der Waals surface area contributed by atoms with Gasteiger partial charge in [0.2, 0.25) is 0 Å². The molecule has 6 heteroatoms. The zero-order valence-corrected chi connectivity index (χ0v) is 17.8. The molecule has 0 saturated heterocycles. The molecule has 0 unspecified atom stereocenters. The molecule has 0 fully saturated rings. The van der Waals surface area contributed by atoms with Crippen LogP contribution in [0.1, 0.15) is 83.6 Å². The SMILES string of the molecule is CCCCCCCCCCCCOc1ccccc1CC.O=S(=O)(O)Cl. The first-order valence-electron chi connectivity index (χ1n) is 9.76. The molecule has 0 bridgehead atoms. The van der Waals surface area contributed by atoms with Crippen LogP contribution in [0, 0.1) is 0 Å². The molecular formula is C20H35ClO4S. The largest absolute Gasteiger partial charge is 0.493 e. The smallest absolute Gasteiger partial charge is 0.353 e. The third-order valence-corrected chi connectivity index (χ3v) is 4.11. The molecular weight excluding hydrogens is 372 g/mol. The van der Waals surface area contributed by atoms with E-state index in [0.717, 1.165) is 18.8 Å². The Kier molecular flexibility index (Phi) is 15.9. The molecule has 152 valence electrons. The highest BCUT2D eigenvalue weighted by atomic mass is 35.7. The van der Waals surface area contributed by atoms with Crippen molar-refractivity contribution in [2.75, 3.05) is 6.61 Å². The lowest BCUT2D eigenvalue weighted by atomic mass is 10.1. The van der Waals surface area contributed by atoms with Crippen LogP contribution >= 0.6 is 10.7 Å². The van der Waals surface area contributed by atoms with E-state index >= 15 is 0 Å². The minimum absolute atomic E-state index is 0.869. The number of para-hydroxylation sites is 1. The number of halogens is 1. The van der Waals surface area contributed by atoms with Crippen LogP contribution < -0.4 is 4.74 Å². The first kappa shape index (κ1) is 25.2.